The van der Waals surface area contributed by atoms with Crippen molar-refractivity contribution in [1.82, 2.24) is 10.6 Å². The molecule has 30 atom stereocenters. The van der Waals surface area contributed by atoms with Crippen LogP contribution in [0.5, 0.6) is 0 Å². The Hall–Kier alpha value is -7.73. The average molecular weight is 1710 g/mol. The van der Waals surface area contributed by atoms with Crippen LogP contribution in [-0.4, -0.2) is 382 Å². The predicted molar refractivity (Wildman–Crippen MR) is 397 cm³/mol. The zero-order chi connectivity index (χ0) is 84.9. The summed E-state index contributed by atoms with van der Waals surface area (Å²) in [6.07, 6.45) is -61.0. The van der Waals surface area contributed by atoms with Gasteiger partial charge in [-0.2, -0.15) is 11.8 Å². The maximum Gasteiger partial charge on any atom is 0.407 e. The number of alkyl carbamates (subject to hydrolysis) is 1. The van der Waals surface area contributed by atoms with Gasteiger partial charge >= 0.3 is 6.09 Å². The summed E-state index contributed by atoms with van der Waals surface area (Å²) in [5.74, 6) is 0.423. The van der Waals surface area contributed by atoms with Crippen LogP contribution in [0, 0.1) is 0 Å². The Bertz CT molecular complexity index is 3810. The first-order valence-electron chi connectivity index (χ1n) is 38.0. The number of benzene rings is 2. The minimum absolute atomic E-state index is 0.0474. The fourth-order valence-corrected chi connectivity index (χ4v) is 15.2. The number of nitrogens with zero attached hydrogens (tertiary/aromatic N) is 18. The molecule has 22 fully saturated rings. The zero-order valence-corrected chi connectivity index (χ0v) is 64.4. The summed E-state index contributed by atoms with van der Waals surface area (Å²) in [6, 6.07) is 16.2. The maximum absolute atomic E-state index is 12.7. The van der Waals surface area contributed by atoms with Crippen LogP contribution in [0.3, 0.4) is 0 Å². The highest BCUT2D eigenvalue weighted by Gasteiger charge is 2.59. The highest BCUT2D eigenvalue weighted by atomic mass is 32.2. The van der Waals surface area contributed by atoms with Crippen LogP contribution >= 0.6 is 11.8 Å². The van der Waals surface area contributed by atoms with Crippen LogP contribution in [-0.2, 0) is 90.1 Å². The lowest BCUT2D eigenvalue weighted by molar-refractivity contribution is -0.399. The van der Waals surface area contributed by atoms with E-state index in [1.165, 1.54) is 11.8 Å². The topological polar surface area (TPSA) is 739 Å². The fourth-order valence-electron chi connectivity index (χ4n) is 14.4. The second kappa shape index (κ2) is 47.6. The van der Waals surface area contributed by atoms with E-state index < -0.39 is 230 Å². The van der Waals surface area contributed by atoms with Crippen molar-refractivity contribution < 1.29 is 151 Å². The molecule has 22 aliphatic heterocycles. The van der Waals surface area contributed by atoms with Crippen molar-refractivity contribution in [2.24, 2.45) is 30.7 Å². The molecule has 0 unspecified atom stereocenters. The van der Waals surface area contributed by atoms with E-state index >= 15 is 0 Å². The number of hydrogen-bond donors (Lipinski definition) is 13. The van der Waals surface area contributed by atoms with E-state index in [4.69, 9.17) is 85.3 Å². The molecule has 119 heavy (non-hydrogen) atoms. The number of nitrogens with one attached hydrogen (secondary N) is 2. The van der Waals surface area contributed by atoms with Gasteiger partial charge < -0.3 is 152 Å². The third kappa shape index (κ3) is 24.8. The van der Waals surface area contributed by atoms with Gasteiger partial charge in [-0.05, 0) is 67.6 Å². The van der Waals surface area contributed by atoms with Crippen molar-refractivity contribution in [3.63, 3.8) is 0 Å². The monoisotopic (exact) mass is 1710 g/mol. The molecule has 13 N–H and O–H groups in total. The predicted octanol–water partition coefficient (Wildman–Crippen LogP) is -0.888. The molecule has 52 heteroatoms. The van der Waals surface area contributed by atoms with Crippen LogP contribution < -0.4 is 10.6 Å². The van der Waals surface area contributed by atoms with Crippen LogP contribution in [0.25, 0.3) is 73.8 Å². The lowest BCUT2D eigenvalue weighted by Crippen LogP contribution is -2.69. The molecular formula is C67H96N20O31S. The van der Waals surface area contributed by atoms with E-state index in [9.17, 15) is 98.9 Å². The molecule has 22 saturated heterocycles. The summed E-state index contributed by atoms with van der Waals surface area (Å²) in [5.41, 5.74) is 61.5. The third-order valence-electron chi connectivity index (χ3n) is 20.3. The zero-order valence-electron chi connectivity index (χ0n) is 63.6. The number of aliphatic hydroxyl groups is 11. The molecule has 1 aliphatic carbocycles. The van der Waals surface area contributed by atoms with Crippen molar-refractivity contribution >= 4 is 23.8 Å². The number of fused-ring (bicyclic) bond motifs is 3. The molecule has 0 saturated carbocycles. The molecule has 12 bridgehead atoms. The number of ether oxygens (including phenoxy) is 18. The number of amides is 2. The first-order valence-corrected chi connectivity index (χ1v) is 39.2. The van der Waals surface area contributed by atoms with Crippen molar-refractivity contribution in [3.05, 3.63) is 122 Å². The molecule has 22 heterocycles. The van der Waals surface area contributed by atoms with Crippen molar-refractivity contribution in [1.29, 1.82) is 0 Å². The summed E-state index contributed by atoms with van der Waals surface area (Å²) in [5, 5.41) is 157. The highest BCUT2D eigenvalue weighted by Crippen LogP contribution is 2.45. The van der Waals surface area contributed by atoms with Gasteiger partial charge in [-0.15, -0.1) is 0 Å². The Balaban J connectivity index is 0.749. The second-order valence-electron chi connectivity index (χ2n) is 27.8. The Morgan fingerprint density at radius 3 is 1.05 bits per heavy atom. The van der Waals surface area contributed by atoms with Gasteiger partial charge in [-0.1, -0.05) is 79.2 Å². The number of carbonyl (C=O) groups excluding carboxylic acids is 2. The number of rotatable bonds is 37. The van der Waals surface area contributed by atoms with Gasteiger partial charge in [-0.25, -0.2) is 4.79 Å². The largest absolute Gasteiger partial charge is 0.449 e. The van der Waals surface area contributed by atoms with E-state index in [-0.39, 0.29) is 84.0 Å². The second-order valence-corrected chi connectivity index (χ2v) is 29.1. The Morgan fingerprint density at radius 1 is 0.370 bits per heavy atom. The molecule has 0 spiro atoms. The molecule has 0 aromatic heterocycles. The van der Waals surface area contributed by atoms with Gasteiger partial charge in [0.1, 0.15) is 116 Å². The molecule has 23 aliphatic rings. The molecule has 656 valence electrons. The lowest BCUT2D eigenvalue weighted by atomic mass is 9.94. The number of thioether (sulfide) groups is 1. The summed E-state index contributed by atoms with van der Waals surface area (Å²) in [4.78, 5) is 41.6. The van der Waals surface area contributed by atoms with Crippen LogP contribution in [0.1, 0.15) is 29.9 Å². The van der Waals surface area contributed by atoms with Crippen LogP contribution in [0.4, 0.5) is 4.79 Å². The fraction of sp³-hybridized carbons (Fsp3) is 0.791. The van der Waals surface area contributed by atoms with Crippen molar-refractivity contribution in [2.45, 2.75) is 203 Å². The molecule has 2 aromatic carbocycles. The standard InChI is InChI=1S/C67H96N20O31S/c68-82-76-24-36-54-43(89)48(94)61(107-36)113-55-37(25-77-83-69)108-63(49(95)44(55)90)115-57-39(27-79-85-71)110-65(51(97)46(57)92)117-59-41(29-81-87-73)112-66(118-58-40(28-80-86-72)111-64(52(98)47(58)93)116-56-38(26-78-84-70)109-62(114-54)50(96)45(56)91)60(53(59)99)105-13-5-22-119-23-12-74-42(88)10-14-101-16-18-103-20-21-104-19-17-102-15-11-75-67(100)106-30-35-33-8-3-1-6-31(33)32-7-2-4-9-34(32)35/h1-4,6-9,35-41,43-66,89-99H,5,10-30H2,(H,74,88)(H,75,100)/t36-,37+,38-,39-,40+,41-,43-,44-,45-,46-,47-,48-,49-,50-,51-,52-,53+,54-,55-,56-,57-,58-,59-,60-,61+,62-,63-,64-,65-,66+/m1/s1. The molecule has 25 rings (SSSR count). The van der Waals surface area contributed by atoms with Gasteiger partial charge in [-0.3, -0.25) is 4.79 Å². The molecule has 0 radical (unpaired) electrons. The van der Waals surface area contributed by atoms with Crippen LogP contribution in [0.2, 0.25) is 0 Å². The van der Waals surface area contributed by atoms with Gasteiger partial charge in [0.05, 0.1) is 129 Å². The number of carbonyl (C=O) groups is 2. The van der Waals surface area contributed by atoms with E-state index in [2.05, 4.69) is 82.9 Å². The maximum atomic E-state index is 12.7. The van der Waals surface area contributed by atoms with Crippen LogP contribution in [0.15, 0.2) is 79.2 Å². The first-order chi connectivity index (χ1) is 57.7. The Labute approximate surface area is 680 Å². The van der Waals surface area contributed by atoms with Crippen molar-refractivity contribution in [3.8, 4) is 11.1 Å². The molecular weight excluding hydrogens is 1610 g/mol. The average Bonchev–Trinajstić information content (AvgIpc) is 1.72. The Kier molecular flexibility index (Phi) is 37.4. The Morgan fingerprint density at radius 2 is 0.689 bits per heavy atom. The molecule has 2 amide bonds. The first kappa shape index (κ1) is 93.5. The van der Waals surface area contributed by atoms with Crippen molar-refractivity contribution in [2.75, 3.05) is 130 Å². The summed E-state index contributed by atoms with van der Waals surface area (Å²) < 4.78 is 107. The number of aliphatic hydroxyl groups excluding tert-OH is 11. The van der Waals surface area contributed by atoms with Gasteiger partial charge in [0.25, 0.3) is 0 Å². The number of hydrogen-bond acceptors (Lipinski definition) is 38. The van der Waals surface area contributed by atoms with E-state index in [1.807, 2.05) is 36.4 Å². The lowest BCUT2D eigenvalue weighted by Gasteiger charge is -2.51. The minimum atomic E-state index is -2.27. The summed E-state index contributed by atoms with van der Waals surface area (Å²) in [6.45, 7) is -2.14. The smallest absolute Gasteiger partial charge is 0.407 e. The molecule has 2 aromatic rings. The van der Waals surface area contributed by atoms with Gasteiger partial charge in [0.15, 0.2) is 37.7 Å². The number of azide groups is 6. The summed E-state index contributed by atoms with van der Waals surface area (Å²) in [7, 11) is 0. The SMILES string of the molecule is [N-]=[N+]=NC[C@@H]1O[C@@H]2O[C@H]3[C@H](O)[C@@H](O)[C@@H](O[C@H]4[C@H](O)[C@@H](OCCCSCCNC(=O)CCOCCOCCOCCOCCNC(=O)OCC5c6ccccc6-c6ccccc65)[C@H](O[C@H]5[C@H](O)[C@@H](O)[C@@H](O[C@H]6[C@H](O)[C@@H](O)[C@@H](O[C@H]7[C@H](O)[C@@H](O)[C@H](O[C@H]1[C@H](O)[C@H]2O)O[C@@H]7CN=[N+]=[N-])O[C@@H]6CN=[N+]=[N-])O[C@H]5CN=[N+]=[N-])O[C@@H]4CN=[N+]=[N-])O[C@@H]3CN=[N+]=[N-]. The van der Waals surface area contributed by atoms with E-state index in [1.54, 1.807) is 0 Å². The minimum Gasteiger partial charge on any atom is -0.449 e. The third-order valence-corrected chi connectivity index (χ3v) is 21.3. The summed E-state index contributed by atoms with van der Waals surface area (Å²) >= 11 is 1.39. The normalized spacial score (nSPS) is 35.6. The van der Waals surface area contributed by atoms with Gasteiger partial charge in [0, 0.05) is 67.3 Å². The highest BCUT2D eigenvalue weighted by molar-refractivity contribution is 7.99. The van der Waals surface area contributed by atoms with Gasteiger partial charge in [0.2, 0.25) is 5.91 Å². The van der Waals surface area contributed by atoms with E-state index in [0.29, 0.717) is 31.3 Å². The van der Waals surface area contributed by atoms with E-state index in [0.717, 1.165) is 22.3 Å². The molecule has 51 nitrogen and oxygen atoms in total. The quantitative estimate of drug-likeness (QED) is 0.0169.